The highest BCUT2D eigenvalue weighted by atomic mass is 16.5. The lowest BCUT2D eigenvalue weighted by molar-refractivity contribution is 0.425. The minimum absolute atomic E-state index is 0.132. The van der Waals surface area contributed by atoms with Crippen LogP contribution in [0.15, 0.2) is 39.6 Å². The van der Waals surface area contributed by atoms with Gasteiger partial charge in [0.15, 0.2) is 5.76 Å². The molecular weight excluding hydrogens is 214 g/mol. The van der Waals surface area contributed by atoms with Crippen LogP contribution < -0.4 is 5.56 Å². The lowest BCUT2D eigenvalue weighted by Gasteiger charge is -2.23. The molecule has 0 saturated heterocycles. The third kappa shape index (κ3) is 2.33. The van der Waals surface area contributed by atoms with E-state index < -0.39 is 0 Å². The van der Waals surface area contributed by atoms with Gasteiger partial charge in [0.1, 0.15) is 0 Å². The first-order chi connectivity index (χ1) is 8.03. The monoisotopic (exact) mass is 231 g/mol. The van der Waals surface area contributed by atoms with Crippen molar-refractivity contribution < 1.29 is 4.52 Å². The fraction of sp³-hybridized carbons (Fsp3) is 0.357. The minimum Gasteiger partial charge on any atom is -0.378 e. The molecule has 3 nitrogen and oxygen atoms in total. The van der Waals surface area contributed by atoms with Gasteiger partial charge in [0, 0.05) is 5.56 Å². The zero-order valence-electron chi connectivity index (χ0n) is 10.4. The third-order valence-corrected chi connectivity index (χ3v) is 3.34. The van der Waals surface area contributed by atoms with E-state index in [0.29, 0.717) is 5.76 Å². The van der Waals surface area contributed by atoms with Crippen molar-refractivity contribution in [3.63, 3.8) is 0 Å². The highest BCUT2D eigenvalue weighted by Gasteiger charge is 2.18. The number of nitrogens with one attached hydrogen (secondary N) is 1. The normalized spacial score (nSPS) is 11.7. The molecule has 0 amide bonds. The summed E-state index contributed by atoms with van der Waals surface area (Å²) in [7, 11) is 0. The van der Waals surface area contributed by atoms with Crippen LogP contribution in [0.5, 0.6) is 0 Å². The largest absolute Gasteiger partial charge is 0.378 e. The Bertz CT molecular complexity index is 563. The second kappa shape index (κ2) is 4.24. The van der Waals surface area contributed by atoms with Crippen LogP contribution in [-0.4, -0.2) is 5.16 Å². The Kier molecular flexibility index (Phi) is 2.92. The number of hydrogen-bond donors (Lipinski definition) is 1. The molecule has 0 fully saturated rings. The average Bonchev–Trinajstić information content (AvgIpc) is 2.76. The SMILES string of the molecule is CCC(C)(C)c1cccc(-c2cc(=O)[nH]o2)c1. The van der Waals surface area contributed by atoms with Crippen molar-refractivity contribution in [2.24, 2.45) is 0 Å². The second-order valence-corrected chi connectivity index (χ2v) is 4.90. The Hall–Kier alpha value is -1.77. The number of H-pyrrole nitrogens is 1. The summed E-state index contributed by atoms with van der Waals surface area (Å²) in [6.07, 6.45) is 1.06. The van der Waals surface area contributed by atoms with Gasteiger partial charge in [-0.2, -0.15) is 5.16 Å². The van der Waals surface area contributed by atoms with Crippen LogP contribution in [0.3, 0.4) is 0 Å². The summed E-state index contributed by atoms with van der Waals surface area (Å²) < 4.78 is 5.11. The van der Waals surface area contributed by atoms with Crippen LogP contribution in [0.4, 0.5) is 0 Å². The number of aromatic nitrogens is 1. The molecule has 90 valence electrons. The van der Waals surface area contributed by atoms with E-state index in [1.807, 2.05) is 12.1 Å². The molecule has 0 atom stereocenters. The molecule has 0 unspecified atom stereocenters. The van der Waals surface area contributed by atoms with Gasteiger partial charge in [0.05, 0.1) is 6.07 Å². The predicted octanol–water partition coefficient (Wildman–Crippen LogP) is 3.32. The van der Waals surface area contributed by atoms with E-state index in [9.17, 15) is 4.79 Å². The fourth-order valence-corrected chi connectivity index (χ4v) is 1.72. The molecule has 1 N–H and O–H groups in total. The molecule has 3 heteroatoms. The maximum Gasteiger partial charge on any atom is 0.280 e. The third-order valence-electron chi connectivity index (χ3n) is 3.34. The topological polar surface area (TPSA) is 46.0 Å². The van der Waals surface area contributed by atoms with Crippen molar-refractivity contribution in [3.05, 3.63) is 46.2 Å². The number of hydrogen-bond acceptors (Lipinski definition) is 2. The molecule has 17 heavy (non-hydrogen) atoms. The van der Waals surface area contributed by atoms with Gasteiger partial charge in [-0.1, -0.05) is 39.0 Å². The fourth-order valence-electron chi connectivity index (χ4n) is 1.72. The summed E-state index contributed by atoms with van der Waals surface area (Å²) in [6.45, 7) is 6.59. The Labute approximate surface area is 100 Å². The van der Waals surface area contributed by atoms with Crippen LogP contribution in [0.25, 0.3) is 11.3 Å². The van der Waals surface area contributed by atoms with E-state index in [0.717, 1.165) is 12.0 Å². The van der Waals surface area contributed by atoms with Gasteiger partial charge in [0.25, 0.3) is 5.56 Å². The van der Waals surface area contributed by atoms with E-state index in [2.05, 4.69) is 38.1 Å². The van der Waals surface area contributed by atoms with Crippen LogP contribution in [0.2, 0.25) is 0 Å². The summed E-state index contributed by atoms with van der Waals surface area (Å²) >= 11 is 0. The van der Waals surface area contributed by atoms with Crippen LogP contribution in [0, 0.1) is 0 Å². The quantitative estimate of drug-likeness (QED) is 0.880. The average molecular weight is 231 g/mol. The minimum atomic E-state index is -0.208. The molecule has 0 radical (unpaired) electrons. The lowest BCUT2D eigenvalue weighted by Crippen LogP contribution is -2.15. The smallest absolute Gasteiger partial charge is 0.280 e. The first kappa shape index (κ1) is 11.7. The van der Waals surface area contributed by atoms with E-state index >= 15 is 0 Å². The van der Waals surface area contributed by atoms with Crippen molar-refractivity contribution in [3.8, 4) is 11.3 Å². The molecule has 0 saturated carbocycles. The molecule has 0 spiro atoms. The maximum absolute atomic E-state index is 11.1. The lowest BCUT2D eigenvalue weighted by atomic mass is 9.81. The highest BCUT2D eigenvalue weighted by Crippen LogP contribution is 2.29. The molecule has 0 aliphatic heterocycles. The van der Waals surface area contributed by atoms with Crippen LogP contribution in [0.1, 0.15) is 32.8 Å². The summed E-state index contributed by atoms with van der Waals surface area (Å²) in [5.41, 5.74) is 2.11. The maximum atomic E-state index is 11.1. The summed E-state index contributed by atoms with van der Waals surface area (Å²) in [4.78, 5) is 11.1. The summed E-state index contributed by atoms with van der Waals surface area (Å²) in [5, 5.41) is 2.31. The van der Waals surface area contributed by atoms with Crippen molar-refractivity contribution >= 4 is 0 Å². The molecule has 0 aliphatic rings. The van der Waals surface area contributed by atoms with Gasteiger partial charge < -0.3 is 4.52 Å². The van der Waals surface area contributed by atoms with Gasteiger partial charge in [-0.3, -0.25) is 4.79 Å². The summed E-state index contributed by atoms with van der Waals surface area (Å²) in [5.74, 6) is 0.587. The Morgan fingerprint density at radius 1 is 1.29 bits per heavy atom. The van der Waals surface area contributed by atoms with E-state index in [4.69, 9.17) is 4.52 Å². The van der Waals surface area contributed by atoms with Crippen molar-refractivity contribution in [2.75, 3.05) is 0 Å². The molecule has 1 aromatic carbocycles. The first-order valence-electron chi connectivity index (χ1n) is 5.82. The highest BCUT2D eigenvalue weighted by molar-refractivity contribution is 5.58. The number of aromatic amines is 1. The molecule has 2 aromatic rings. The Balaban J connectivity index is 2.45. The van der Waals surface area contributed by atoms with Gasteiger partial charge in [0.2, 0.25) is 0 Å². The zero-order chi connectivity index (χ0) is 12.5. The Morgan fingerprint density at radius 2 is 2.06 bits per heavy atom. The summed E-state index contributed by atoms with van der Waals surface area (Å²) in [6, 6.07) is 9.60. The van der Waals surface area contributed by atoms with Gasteiger partial charge in [-0.05, 0) is 23.5 Å². The molecule has 0 aliphatic carbocycles. The number of benzene rings is 1. The molecule has 2 rings (SSSR count). The van der Waals surface area contributed by atoms with Crippen molar-refractivity contribution in [1.82, 2.24) is 5.16 Å². The second-order valence-electron chi connectivity index (χ2n) is 4.90. The Morgan fingerprint density at radius 3 is 2.65 bits per heavy atom. The first-order valence-corrected chi connectivity index (χ1v) is 5.82. The number of rotatable bonds is 3. The zero-order valence-corrected chi connectivity index (χ0v) is 10.4. The van der Waals surface area contributed by atoms with E-state index in [1.54, 1.807) is 0 Å². The molecule has 1 heterocycles. The predicted molar refractivity (Wildman–Crippen MR) is 68.1 cm³/mol. The van der Waals surface area contributed by atoms with E-state index in [-0.39, 0.29) is 11.0 Å². The van der Waals surface area contributed by atoms with E-state index in [1.165, 1.54) is 11.6 Å². The van der Waals surface area contributed by atoms with Crippen LogP contribution in [-0.2, 0) is 5.41 Å². The standard InChI is InChI=1S/C14H17NO2/c1-4-14(2,3)11-7-5-6-10(8-11)12-9-13(16)15-17-12/h5-9H,4H2,1-3H3,(H,15,16). The van der Waals surface area contributed by atoms with Gasteiger partial charge in [-0.15, -0.1) is 0 Å². The molecule has 1 aromatic heterocycles. The van der Waals surface area contributed by atoms with Crippen molar-refractivity contribution in [1.29, 1.82) is 0 Å². The van der Waals surface area contributed by atoms with Gasteiger partial charge >= 0.3 is 0 Å². The van der Waals surface area contributed by atoms with Gasteiger partial charge in [-0.25, -0.2) is 0 Å². The molecule has 0 bridgehead atoms. The molecular formula is C14H17NO2. The van der Waals surface area contributed by atoms with Crippen molar-refractivity contribution in [2.45, 2.75) is 32.6 Å². The van der Waals surface area contributed by atoms with Crippen LogP contribution >= 0.6 is 0 Å².